The molecule has 3 aromatic carbocycles. The highest BCUT2D eigenvalue weighted by molar-refractivity contribution is 5.78. The van der Waals surface area contributed by atoms with Gasteiger partial charge in [-0.05, 0) is 47.0 Å². The molecule has 0 amide bonds. The molecule has 4 heteroatoms. The van der Waals surface area contributed by atoms with Crippen molar-refractivity contribution in [3.8, 4) is 16.9 Å². The Kier molecular flexibility index (Phi) is 4.93. The van der Waals surface area contributed by atoms with Gasteiger partial charge in [0.25, 0.3) is 0 Å². The standard InChI is InChI=1S/C26H23FN2O/c1-30-26-12-10-20(27)15-23(26)22-7-4-6-19-16-29(17-24(19)22)14-13-21-11-9-18-5-2-3-8-25(18)28-21/h2-12,15H,13-14,16-17H2,1H3. The lowest BCUT2D eigenvalue weighted by Gasteiger charge is -2.15. The third kappa shape index (κ3) is 3.55. The molecule has 2 heterocycles. The van der Waals surface area contributed by atoms with E-state index in [4.69, 9.17) is 9.72 Å². The number of halogens is 1. The first-order chi connectivity index (χ1) is 14.7. The molecule has 30 heavy (non-hydrogen) atoms. The highest BCUT2D eigenvalue weighted by Crippen LogP contribution is 2.37. The monoisotopic (exact) mass is 398 g/mol. The zero-order chi connectivity index (χ0) is 20.5. The highest BCUT2D eigenvalue weighted by atomic mass is 19.1. The van der Waals surface area contributed by atoms with Gasteiger partial charge in [0.15, 0.2) is 0 Å². The van der Waals surface area contributed by atoms with Crippen LogP contribution in [0.2, 0.25) is 0 Å². The Morgan fingerprint density at radius 1 is 0.933 bits per heavy atom. The van der Waals surface area contributed by atoms with Crippen molar-refractivity contribution in [2.24, 2.45) is 0 Å². The van der Waals surface area contributed by atoms with Crippen molar-refractivity contribution in [2.75, 3.05) is 13.7 Å². The van der Waals surface area contributed by atoms with Gasteiger partial charge in [0.1, 0.15) is 11.6 Å². The third-order valence-corrected chi connectivity index (χ3v) is 5.84. The molecule has 0 N–H and O–H groups in total. The molecule has 1 aliphatic rings. The number of para-hydroxylation sites is 1. The minimum Gasteiger partial charge on any atom is -0.496 e. The summed E-state index contributed by atoms with van der Waals surface area (Å²) in [5, 5.41) is 1.17. The van der Waals surface area contributed by atoms with E-state index >= 15 is 0 Å². The van der Waals surface area contributed by atoms with Crippen LogP contribution >= 0.6 is 0 Å². The van der Waals surface area contributed by atoms with Gasteiger partial charge in [0.2, 0.25) is 0 Å². The Morgan fingerprint density at radius 3 is 2.73 bits per heavy atom. The number of fused-ring (bicyclic) bond motifs is 2. The average molecular weight is 398 g/mol. The van der Waals surface area contributed by atoms with Crippen LogP contribution < -0.4 is 4.74 Å². The molecule has 3 nitrogen and oxygen atoms in total. The van der Waals surface area contributed by atoms with E-state index in [1.807, 2.05) is 18.2 Å². The van der Waals surface area contributed by atoms with Crippen LogP contribution in [0.5, 0.6) is 5.75 Å². The lowest BCUT2D eigenvalue weighted by atomic mass is 9.96. The predicted molar refractivity (Wildman–Crippen MR) is 118 cm³/mol. The van der Waals surface area contributed by atoms with Crippen molar-refractivity contribution in [1.29, 1.82) is 0 Å². The molecule has 1 aromatic heterocycles. The molecular formula is C26H23FN2O. The Balaban J connectivity index is 1.36. The summed E-state index contributed by atoms with van der Waals surface area (Å²) in [4.78, 5) is 7.23. The minimum absolute atomic E-state index is 0.249. The number of hydrogen-bond donors (Lipinski definition) is 0. The van der Waals surface area contributed by atoms with Gasteiger partial charge in [0, 0.05) is 42.7 Å². The molecular weight excluding hydrogens is 375 g/mol. The van der Waals surface area contributed by atoms with E-state index in [-0.39, 0.29) is 5.82 Å². The third-order valence-electron chi connectivity index (χ3n) is 5.84. The van der Waals surface area contributed by atoms with Crippen molar-refractivity contribution in [2.45, 2.75) is 19.5 Å². The van der Waals surface area contributed by atoms with Gasteiger partial charge in [-0.1, -0.05) is 42.5 Å². The number of rotatable bonds is 5. The summed E-state index contributed by atoms with van der Waals surface area (Å²) in [6, 6.07) is 23.5. The van der Waals surface area contributed by atoms with Gasteiger partial charge >= 0.3 is 0 Å². The number of methoxy groups -OCH3 is 1. The van der Waals surface area contributed by atoms with Crippen LogP contribution in [0, 0.1) is 5.82 Å². The number of pyridine rings is 1. The van der Waals surface area contributed by atoms with E-state index in [9.17, 15) is 4.39 Å². The number of benzene rings is 3. The largest absolute Gasteiger partial charge is 0.496 e. The van der Waals surface area contributed by atoms with Crippen LogP contribution in [-0.2, 0) is 19.5 Å². The Bertz CT molecular complexity index is 1220. The van der Waals surface area contributed by atoms with Gasteiger partial charge in [-0.3, -0.25) is 9.88 Å². The zero-order valence-corrected chi connectivity index (χ0v) is 16.9. The molecule has 0 atom stereocenters. The highest BCUT2D eigenvalue weighted by Gasteiger charge is 2.23. The maximum absolute atomic E-state index is 13.9. The van der Waals surface area contributed by atoms with E-state index in [1.54, 1.807) is 19.2 Å². The summed E-state index contributed by atoms with van der Waals surface area (Å²) >= 11 is 0. The first kappa shape index (κ1) is 18.8. The van der Waals surface area contributed by atoms with E-state index in [0.717, 1.165) is 48.4 Å². The van der Waals surface area contributed by atoms with Gasteiger partial charge in [0.05, 0.1) is 12.6 Å². The fourth-order valence-corrected chi connectivity index (χ4v) is 4.31. The average Bonchev–Trinajstić information content (AvgIpc) is 3.21. The summed E-state index contributed by atoms with van der Waals surface area (Å²) in [6.07, 6.45) is 0.900. The minimum atomic E-state index is -0.249. The molecule has 1 aliphatic heterocycles. The number of ether oxygens (including phenoxy) is 1. The molecule has 0 radical (unpaired) electrons. The lowest BCUT2D eigenvalue weighted by molar-refractivity contribution is 0.287. The van der Waals surface area contributed by atoms with Gasteiger partial charge in [-0.25, -0.2) is 4.39 Å². The Morgan fingerprint density at radius 2 is 1.83 bits per heavy atom. The second-order valence-corrected chi connectivity index (χ2v) is 7.74. The molecule has 5 rings (SSSR count). The number of hydrogen-bond acceptors (Lipinski definition) is 3. The maximum Gasteiger partial charge on any atom is 0.126 e. The Hall–Kier alpha value is -3.24. The summed E-state index contributed by atoms with van der Waals surface area (Å²) in [6.45, 7) is 2.67. The van der Waals surface area contributed by atoms with Gasteiger partial charge in [-0.15, -0.1) is 0 Å². The summed E-state index contributed by atoms with van der Waals surface area (Å²) in [5.74, 6) is 0.448. The molecule has 0 fully saturated rings. The number of aromatic nitrogens is 1. The molecule has 150 valence electrons. The first-order valence-electron chi connectivity index (χ1n) is 10.2. The molecule has 0 saturated heterocycles. The van der Waals surface area contributed by atoms with Crippen LogP contribution in [0.4, 0.5) is 4.39 Å². The summed E-state index contributed by atoms with van der Waals surface area (Å²) in [5.41, 5.74) is 6.57. The van der Waals surface area contributed by atoms with E-state index in [0.29, 0.717) is 5.75 Å². The van der Waals surface area contributed by atoms with E-state index in [2.05, 4.69) is 41.3 Å². The number of nitrogens with zero attached hydrogens (tertiary/aromatic N) is 2. The topological polar surface area (TPSA) is 25.4 Å². The molecule has 0 saturated carbocycles. The first-order valence-corrected chi connectivity index (χ1v) is 10.2. The fraction of sp³-hybridized carbons (Fsp3) is 0.192. The van der Waals surface area contributed by atoms with E-state index in [1.165, 1.54) is 22.6 Å². The van der Waals surface area contributed by atoms with Gasteiger partial charge in [-0.2, -0.15) is 0 Å². The molecule has 4 aromatic rings. The van der Waals surface area contributed by atoms with Crippen LogP contribution in [0.1, 0.15) is 16.8 Å². The normalized spacial score (nSPS) is 13.5. The molecule has 0 spiro atoms. The smallest absolute Gasteiger partial charge is 0.126 e. The quantitative estimate of drug-likeness (QED) is 0.437. The zero-order valence-electron chi connectivity index (χ0n) is 16.9. The van der Waals surface area contributed by atoms with Crippen LogP contribution in [0.3, 0.4) is 0 Å². The lowest BCUT2D eigenvalue weighted by Crippen LogP contribution is -2.19. The Labute approximate surface area is 175 Å². The maximum atomic E-state index is 13.9. The molecule has 0 aliphatic carbocycles. The summed E-state index contributed by atoms with van der Waals surface area (Å²) < 4.78 is 19.4. The van der Waals surface area contributed by atoms with Gasteiger partial charge < -0.3 is 4.74 Å². The molecule has 0 bridgehead atoms. The van der Waals surface area contributed by atoms with Crippen LogP contribution in [-0.4, -0.2) is 23.5 Å². The molecule has 0 unspecified atom stereocenters. The fourth-order valence-electron chi connectivity index (χ4n) is 4.31. The predicted octanol–water partition coefficient (Wildman–Crippen LogP) is 5.61. The SMILES string of the molecule is COc1ccc(F)cc1-c1cccc2c1CN(CCc1ccc3ccccc3n1)C2. The van der Waals surface area contributed by atoms with Crippen molar-refractivity contribution >= 4 is 10.9 Å². The van der Waals surface area contributed by atoms with Crippen molar-refractivity contribution in [3.05, 3.63) is 95.4 Å². The van der Waals surface area contributed by atoms with E-state index < -0.39 is 0 Å². The van der Waals surface area contributed by atoms with Crippen molar-refractivity contribution < 1.29 is 9.13 Å². The second kappa shape index (κ2) is 7.88. The van der Waals surface area contributed by atoms with Crippen molar-refractivity contribution in [1.82, 2.24) is 9.88 Å². The van der Waals surface area contributed by atoms with Crippen LogP contribution in [0.25, 0.3) is 22.0 Å². The second-order valence-electron chi connectivity index (χ2n) is 7.74. The summed E-state index contributed by atoms with van der Waals surface area (Å²) in [7, 11) is 1.63. The van der Waals surface area contributed by atoms with Crippen molar-refractivity contribution in [3.63, 3.8) is 0 Å². The van der Waals surface area contributed by atoms with Crippen LogP contribution in [0.15, 0.2) is 72.8 Å².